The number of carbonyl (C=O) groups excluding carboxylic acids is 1. The van der Waals surface area contributed by atoms with Crippen LogP contribution >= 0.6 is 0 Å². The maximum absolute atomic E-state index is 13.6. The van der Waals surface area contributed by atoms with Gasteiger partial charge in [0.1, 0.15) is 0 Å². The average Bonchev–Trinajstić information content (AvgIpc) is 3.18. The molecule has 0 spiro atoms. The highest BCUT2D eigenvalue weighted by Gasteiger charge is 2.46. The first-order valence-corrected chi connectivity index (χ1v) is 6.14. The SMILES string of the molecule is O=C(c1cc(F)c(F)c(F)c1F)N1CCCC2CC21. The lowest BCUT2D eigenvalue weighted by Crippen LogP contribution is -2.38. The summed E-state index contributed by atoms with van der Waals surface area (Å²) in [6, 6.07) is 0.471. The van der Waals surface area contributed by atoms with Crippen LogP contribution in [-0.2, 0) is 0 Å². The van der Waals surface area contributed by atoms with Crippen molar-refractivity contribution in [1.82, 2.24) is 4.90 Å². The van der Waals surface area contributed by atoms with Crippen molar-refractivity contribution in [2.75, 3.05) is 6.54 Å². The number of benzene rings is 1. The second-order valence-corrected chi connectivity index (χ2v) is 5.05. The van der Waals surface area contributed by atoms with Gasteiger partial charge in [-0.3, -0.25) is 4.79 Å². The van der Waals surface area contributed by atoms with Gasteiger partial charge in [-0.1, -0.05) is 0 Å². The number of fused-ring (bicyclic) bond motifs is 1. The molecular formula is C13H11F4NO. The first-order chi connectivity index (χ1) is 9.00. The minimum absolute atomic E-state index is 0.0387. The van der Waals surface area contributed by atoms with Gasteiger partial charge in [0.05, 0.1) is 5.56 Å². The van der Waals surface area contributed by atoms with Crippen molar-refractivity contribution in [2.24, 2.45) is 5.92 Å². The van der Waals surface area contributed by atoms with E-state index in [0.29, 0.717) is 18.5 Å². The Kier molecular flexibility index (Phi) is 2.76. The summed E-state index contributed by atoms with van der Waals surface area (Å²) in [5, 5.41) is 0. The van der Waals surface area contributed by atoms with Crippen LogP contribution in [0.15, 0.2) is 6.07 Å². The lowest BCUT2D eigenvalue weighted by molar-refractivity contribution is 0.0699. The number of hydrogen-bond donors (Lipinski definition) is 0. The van der Waals surface area contributed by atoms with Crippen LogP contribution < -0.4 is 0 Å². The van der Waals surface area contributed by atoms with Gasteiger partial charge in [0.15, 0.2) is 23.3 Å². The highest BCUT2D eigenvalue weighted by atomic mass is 19.2. The van der Waals surface area contributed by atoms with E-state index in [9.17, 15) is 22.4 Å². The van der Waals surface area contributed by atoms with Crippen LogP contribution in [0.1, 0.15) is 29.6 Å². The molecule has 1 saturated heterocycles. The number of halogens is 4. The van der Waals surface area contributed by atoms with Crippen LogP contribution in [0.5, 0.6) is 0 Å². The maximum atomic E-state index is 13.6. The van der Waals surface area contributed by atoms with E-state index in [1.165, 1.54) is 4.90 Å². The Labute approximate surface area is 107 Å². The second kappa shape index (κ2) is 4.21. The molecule has 1 amide bonds. The number of likely N-dealkylation sites (tertiary alicyclic amines) is 1. The molecule has 1 aromatic carbocycles. The fourth-order valence-electron chi connectivity index (χ4n) is 2.75. The largest absolute Gasteiger partial charge is 0.335 e. The fourth-order valence-corrected chi connectivity index (χ4v) is 2.75. The first kappa shape index (κ1) is 12.4. The molecule has 0 N–H and O–H groups in total. The Morgan fingerprint density at radius 1 is 1.16 bits per heavy atom. The summed E-state index contributed by atoms with van der Waals surface area (Å²) in [5.74, 6) is -7.35. The van der Waals surface area contributed by atoms with Gasteiger partial charge in [-0.15, -0.1) is 0 Å². The van der Waals surface area contributed by atoms with Gasteiger partial charge in [-0.25, -0.2) is 17.6 Å². The lowest BCUT2D eigenvalue weighted by atomic mass is 10.1. The Bertz CT molecular complexity index is 560. The van der Waals surface area contributed by atoms with E-state index in [4.69, 9.17) is 0 Å². The predicted octanol–water partition coefficient (Wildman–Crippen LogP) is 2.87. The minimum atomic E-state index is -1.94. The average molecular weight is 273 g/mol. The topological polar surface area (TPSA) is 20.3 Å². The van der Waals surface area contributed by atoms with E-state index in [-0.39, 0.29) is 6.04 Å². The molecule has 2 unspecified atom stereocenters. The van der Waals surface area contributed by atoms with Crippen LogP contribution in [0.4, 0.5) is 17.6 Å². The molecule has 2 atom stereocenters. The molecule has 3 rings (SSSR count). The number of amides is 1. The third-order valence-electron chi connectivity index (χ3n) is 3.85. The minimum Gasteiger partial charge on any atom is -0.335 e. The smallest absolute Gasteiger partial charge is 0.257 e. The molecule has 0 bridgehead atoms. The zero-order chi connectivity index (χ0) is 13.7. The van der Waals surface area contributed by atoms with Crippen molar-refractivity contribution in [3.05, 3.63) is 34.9 Å². The van der Waals surface area contributed by atoms with Gasteiger partial charge in [0, 0.05) is 12.6 Å². The van der Waals surface area contributed by atoms with Crippen molar-refractivity contribution in [1.29, 1.82) is 0 Å². The summed E-state index contributed by atoms with van der Waals surface area (Å²) in [7, 11) is 0. The molecule has 1 aliphatic carbocycles. The van der Waals surface area contributed by atoms with E-state index in [0.717, 1.165) is 19.3 Å². The summed E-state index contributed by atoms with van der Waals surface area (Å²) in [4.78, 5) is 13.5. The molecular weight excluding hydrogens is 262 g/mol. The molecule has 2 nitrogen and oxygen atoms in total. The van der Waals surface area contributed by atoms with Crippen molar-refractivity contribution in [3.8, 4) is 0 Å². The van der Waals surface area contributed by atoms with Gasteiger partial charge in [0.2, 0.25) is 0 Å². The molecule has 2 fully saturated rings. The summed E-state index contributed by atoms with van der Waals surface area (Å²) in [6.07, 6.45) is 2.66. The number of hydrogen-bond acceptors (Lipinski definition) is 1. The van der Waals surface area contributed by atoms with Crippen LogP contribution in [0.3, 0.4) is 0 Å². The van der Waals surface area contributed by atoms with E-state index >= 15 is 0 Å². The van der Waals surface area contributed by atoms with Crippen molar-refractivity contribution >= 4 is 5.91 Å². The van der Waals surface area contributed by atoms with Crippen LogP contribution in [0.25, 0.3) is 0 Å². The zero-order valence-corrected chi connectivity index (χ0v) is 9.93. The number of nitrogens with zero attached hydrogens (tertiary/aromatic N) is 1. The third kappa shape index (κ3) is 1.89. The second-order valence-electron chi connectivity index (χ2n) is 5.05. The molecule has 1 saturated carbocycles. The predicted molar refractivity (Wildman–Crippen MR) is 58.4 cm³/mol. The van der Waals surface area contributed by atoms with Gasteiger partial charge >= 0.3 is 0 Å². The standard InChI is InChI=1S/C13H11F4NO/c14-8-5-7(10(15)12(17)11(8)16)13(19)18-3-1-2-6-4-9(6)18/h5-6,9H,1-4H2. The molecule has 1 heterocycles. The lowest BCUT2D eigenvalue weighted by Gasteiger charge is -2.27. The molecule has 2 aliphatic rings. The van der Waals surface area contributed by atoms with E-state index in [1.807, 2.05) is 0 Å². The van der Waals surface area contributed by atoms with Gasteiger partial charge < -0.3 is 4.90 Å². The van der Waals surface area contributed by atoms with Gasteiger partial charge in [0.25, 0.3) is 5.91 Å². The number of carbonyl (C=O) groups is 1. The third-order valence-corrected chi connectivity index (χ3v) is 3.85. The van der Waals surface area contributed by atoms with Gasteiger partial charge in [-0.05, 0) is 31.2 Å². The summed E-state index contributed by atoms with van der Waals surface area (Å²) >= 11 is 0. The Morgan fingerprint density at radius 2 is 1.89 bits per heavy atom. The monoisotopic (exact) mass is 273 g/mol. The summed E-state index contributed by atoms with van der Waals surface area (Å²) in [5.41, 5.74) is -0.732. The molecule has 1 aliphatic heterocycles. The van der Waals surface area contributed by atoms with E-state index in [2.05, 4.69) is 0 Å². The Morgan fingerprint density at radius 3 is 2.63 bits per heavy atom. The molecule has 6 heteroatoms. The Balaban J connectivity index is 1.96. The zero-order valence-electron chi connectivity index (χ0n) is 9.93. The summed E-state index contributed by atoms with van der Waals surface area (Å²) < 4.78 is 52.6. The fraction of sp³-hybridized carbons (Fsp3) is 0.462. The number of rotatable bonds is 1. The van der Waals surface area contributed by atoms with Crippen LogP contribution in [0.2, 0.25) is 0 Å². The molecule has 0 radical (unpaired) electrons. The highest BCUT2D eigenvalue weighted by Crippen LogP contribution is 2.43. The van der Waals surface area contributed by atoms with E-state index < -0.39 is 34.7 Å². The van der Waals surface area contributed by atoms with Crippen molar-refractivity contribution in [2.45, 2.75) is 25.3 Å². The van der Waals surface area contributed by atoms with Crippen LogP contribution in [-0.4, -0.2) is 23.4 Å². The first-order valence-electron chi connectivity index (χ1n) is 6.14. The van der Waals surface area contributed by atoms with Crippen molar-refractivity contribution in [3.63, 3.8) is 0 Å². The highest BCUT2D eigenvalue weighted by molar-refractivity contribution is 5.95. The number of piperidine rings is 1. The van der Waals surface area contributed by atoms with Crippen LogP contribution in [0, 0.1) is 29.2 Å². The van der Waals surface area contributed by atoms with Crippen molar-refractivity contribution < 1.29 is 22.4 Å². The van der Waals surface area contributed by atoms with E-state index in [1.54, 1.807) is 0 Å². The summed E-state index contributed by atoms with van der Waals surface area (Å²) in [6.45, 7) is 0.444. The normalized spacial score (nSPS) is 25.2. The molecule has 19 heavy (non-hydrogen) atoms. The maximum Gasteiger partial charge on any atom is 0.257 e. The molecule has 102 valence electrons. The molecule has 0 aromatic heterocycles. The Hall–Kier alpha value is -1.59. The molecule has 1 aromatic rings. The van der Waals surface area contributed by atoms with Gasteiger partial charge in [-0.2, -0.15) is 0 Å². The quantitative estimate of drug-likeness (QED) is 0.438.